The normalized spacial score (nSPS) is 17.4. The fraction of sp³-hybridized carbons (Fsp3) is 1.00. The first-order chi connectivity index (χ1) is 4.56. The second kappa shape index (κ2) is 3.94. The molecule has 0 fully saturated rings. The standard InChI is InChI=1S/C8H20N2/c1-5-6-8(2,7-9)10(3)4/h5-7,9H2,1-4H3. The summed E-state index contributed by atoms with van der Waals surface area (Å²) in [5.41, 5.74) is 5.86. The van der Waals surface area contributed by atoms with Gasteiger partial charge in [-0.25, -0.2) is 0 Å². The van der Waals surface area contributed by atoms with E-state index in [1.165, 1.54) is 12.8 Å². The molecule has 1 atom stereocenters. The molecule has 0 spiro atoms. The summed E-state index contributed by atoms with van der Waals surface area (Å²) in [6.45, 7) is 5.14. The molecule has 2 nitrogen and oxygen atoms in total. The first kappa shape index (κ1) is 9.92. The van der Waals surface area contributed by atoms with Crippen molar-refractivity contribution in [1.82, 2.24) is 4.90 Å². The van der Waals surface area contributed by atoms with Crippen LogP contribution in [0.5, 0.6) is 0 Å². The lowest BCUT2D eigenvalue weighted by molar-refractivity contribution is 0.167. The van der Waals surface area contributed by atoms with Gasteiger partial charge in [-0.2, -0.15) is 0 Å². The highest BCUT2D eigenvalue weighted by Crippen LogP contribution is 2.15. The van der Waals surface area contributed by atoms with Gasteiger partial charge in [0.2, 0.25) is 0 Å². The molecule has 0 radical (unpaired) electrons. The Morgan fingerprint density at radius 1 is 1.40 bits per heavy atom. The van der Waals surface area contributed by atoms with E-state index in [9.17, 15) is 0 Å². The van der Waals surface area contributed by atoms with Crippen LogP contribution in [-0.4, -0.2) is 31.1 Å². The van der Waals surface area contributed by atoms with Gasteiger partial charge in [0.05, 0.1) is 0 Å². The smallest absolute Gasteiger partial charge is 0.0297 e. The van der Waals surface area contributed by atoms with Crippen LogP contribution in [0.3, 0.4) is 0 Å². The molecule has 0 amide bonds. The fourth-order valence-electron chi connectivity index (χ4n) is 1.05. The maximum absolute atomic E-state index is 5.65. The maximum atomic E-state index is 5.65. The van der Waals surface area contributed by atoms with E-state index in [2.05, 4.69) is 32.8 Å². The van der Waals surface area contributed by atoms with Crippen molar-refractivity contribution in [1.29, 1.82) is 0 Å². The zero-order valence-electron chi connectivity index (χ0n) is 7.65. The van der Waals surface area contributed by atoms with Crippen LogP contribution in [0.25, 0.3) is 0 Å². The molecule has 1 unspecified atom stereocenters. The summed E-state index contributed by atoms with van der Waals surface area (Å²) < 4.78 is 0. The van der Waals surface area contributed by atoms with Crippen LogP contribution < -0.4 is 5.73 Å². The lowest BCUT2D eigenvalue weighted by atomic mass is 9.95. The second-order valence-electron chi connectivity index (χ2n) is 3.35. The number of rotatable bonds is 4. The zero-order valence-corrected chi connectivity index (χ0v) is 7.65. The SMILES string of the molecule is CCCC(C)(CN)N(C)C. The molecule has 0 aromatic rings. The summed E-state index contributed by atoms with van der Waals surface area (Å²) in [6.07, 6.45) is 2.38. The van der Waals surface area contributed by atoms with Crippen molar-refractivity contribution in [2.24, 2.45) is 5.73 Å². The second-order valence-corrected chi connectivity index (χ2v) is 3.35. The molecule has 0 heterocycles. The van der Waals surface area contributed by atoms with E-state index in [0.717, 1.165) is 6.54 Å². The van der Waals surface area contributed by atoms with Crippen molar-refractivity contribution < 1.29 is 0 Å². The zero-order chi connectivity index (χ0) is 8.20. The molecule has 2 N–H and O–H groups in total. The van der Waals surface area contributed by atoms with Crippen molar-refractivity contribution in [3.8, 4) is 0 Å². The summed E-state index contributed by atoms with van der Waals surface area (Å²) in [4.78, 5) is 2.20. The fourth-order valence-corrected chi connectivity index (χ4v) is 1.05. The first-order valence-corrected chi connectivity index (χ1v) is 3.94. The van der Waals surface area contributed by atoms with Gasteiger partial charge >= 0.3 is 0 Å². The molecule has 10 heavy (non-hydrogen) atoms. The number of nitrogens with zero attached hydrogens (tertiary/aromatic N) is 1. The lowest BCUT2D eigenvalue weighted by Crippen LogP contribution is -2.47. The Morgan fingerprint density at radius 3 is 2.00 bits per heavy atom. The highest BCUT2D eigenvalue weighted by molar-refractivity contribution is 4.82. The molecular formula is C8H20N2. The van der Waals surface area contributed by atoms with Gasteiger partial charge in [-0.1, -0.05) is 13.3 Å². The number of likely N-dealkylation sites (N-methyl/N-ethyl adjacent to an activating group) is 1. The maximum Gasteiger partial charge on any atom is 0.0297 e. The molecule has 0 aliphatic heterocycles. The van der Waals surface area contributed by atoms with Crippen LogP contribution in [-0.2, 0) is 0 Å². The van der Waals surface area contributed by atoms with E-state index in [1.54, 1.807) is 0 Å². The van der Waals surface area contributed by atoms with Crippen molar-refractivity contribution in [3.05, 3.63) is 0 Å². The van der Waals surface area contributed by atoms with E-state index >= 15 is 0 Å². The van der Waals surface area contributed by atoms with E-state index in [4.69, 9.17) is 5.73 Å². The minimum absolute atomic E-state index is 0.203. The number of nitrogens with two attached hydrogens (primary N) is 1. The lowest BCUT2D eigenvalue weighted by Gasteiger charge is -2.35. The van der Waals surface area contributed by atoms with Crippen LogP contribution in [0.15, 0.2) is 0 Å². The van der Waals surface area contributed by atoms with Gasteiger partial charge in [-0.3, -0.25) is 0 Å². The first-order valence-electron chi connectivity index (χ1n) is 3.94. The van der Waals surface area contributed by atoms with Gasteiger partial charge < -0.3 is 10.6 Å². The van der Waals surface area contributed by atoms with Gasteiger partial charge in [0.1, 0.15) is 0 Å². The molecule has 0 aromatic heterocycles. The molecule has 0 aromatic carbocycles. The molecule has 2 heteroatoms. The third kappa shape index (κ3) is 2.27. The van der Waals surface area contributed by atoms with Crippen molar-refractivity contribution >= 4 is 0 Å². The summed E-state index contributed by atoms with van der Waals surface area (Å²) in [6, 6.07) is 0. The van der Waals surface area contributed by atoms with E-state index < -0.39 is 0 Å². The quantitative estimate of drug-likeness (QED) is 0.639. The average Bonchev–Trinajstić information content (AvgIpc) is 1.88. The topological polar surface area (TPSA) is 29.3 Å². The molecule has 0 rings (SSSR count). The van der Waals surface area contributed by atoms with Gasteiger partial charge in [-0.05, 0) is 27.4 Å². The Kier molecular flexibility index (Phi) is 3.91. The minimum Gasteiger partial charge on any atom is -0.329 e. The Morgan fingerprint density at radius 2 is 1.90 bits per heavy atom. The minimum atomic E-state index is 0.203. The van der Waals surface area contributed by atoms with Gasteiger partial charge in [0.15, 0.2) is 0 Å². The van der Waals surface area contributed by atoms with Crippen LogP contribution >= 0.6 is 0 Å². The van der Waals surface area contributed by atoms with E-state index in [-0.39, 0.29) is 5.54 Å². The predicted molar refractivity (Wildman–Crippen MR) is 46.1 cm³/mol. The van der Waals surface area contributed by atoms with Gasteiger partial charge in [0, 0.05) is 12.1 Å². The highest BCUT2D eigenvalue weighted by atomic mass is 15.1. The number of hydrogen-bond donors (Lipinski definition) is 1. The van der Waals surface area contributed by atoms with Crippen LogP contribution in [0.1, 0.15) is 26.7 Å². The molecule has 0 bridgehead atoms. The van der Waals surface area contributed by atoms with E-state index in [0.29, 0.717) is 0 Å². The van der Waals surface area contributed by atoms with Crippen molar-refractivity contribution in [2.45, 2.75) is 32.2 Å². The van der Waals surface area contributed by atoms with Gasteiger partial charge in [0.25, 0.3) is 0 Å². The summed E-state index contributed by atoms with van der Waals surface area (Å²) in [5, 5.41) is 0. The Bertz CT molecular complexity index is 91.3. The number of hydrogen-bond acceptors (Lipinski definition) is 2. The molecule has 62 valence electrons. The largest absolute Gasteiger partial charge is 0.329 e. The molecular weight excluding hydrogens is 124 g/mol. The third-order valence-corrected chi connectivity index (χ3v) is 2.31. The summed E-state index contributed by atoms with van der Waals surface area (Å²) in [5.74, 6) is 0. The average molecular weight is 144 g/mol. The van der Waals surface area contributed by atoms with Crippen LogP contribution in [0.4, 0.5) is 0 Å². The Balaban J connectivity index is 3.94. The van der Waals surface area contributed by atoms with Gasteiger partial charge in [-0.15, -0.1) is 0 Å². The highest BCUT2D eigenvalue weighted by Gasteiger charge is 2.22. The van der Waals surface area contributed by atoms with Crippen molar-refractivity contribution in [3.63, 3.8) is 0 Å². The molecule has 0 saturated heterocycles. The Hall–Kier alpha value is -0.0800. The Labute approximate surface area is 64.4 Å². The van der Waals surface area contributed by atoms with Crippen LogP contribution in [0.2, 0.25) is 0 Å². The third-order valence-electron chi connectivity index (χ3n) is 2.31. The molecule has 0 aliphatic rings. The van der Waals surface area contributed by atoms with Crippen molar-refractivity contribution in [2.75, 3.05) is 20.6 Å². The predicted octanol–water partition coefficient (Wildman–Crippen LogP) is 1.07. The molecule has 0 aliphatic carbocycles. The summed E-state index contributed by atoms with van der Waals surface area (Å²) in [7, 11) is 4.17. The molecule has 0 saturated carbocycles. The summed E-state index contributed by atoms with van der Waals surface area (Å²) >= 11 is 0. The van der Waals surface area contributed by atoms with Crippen LogP contribution in [0, 0.1) is 0 Å². The monoisotopic (exact) mass is 144 g/mol. The van der Waals surface area contributed by atoms with E-state index in [1.807, 2.05) is 0 Å².